The molecule has 0 aliphatic heterocycles. The highest BCUT2D eigenvalue weighted by molar-refractivity contribution is 5.71. The average Bonchev–Trinajstić information content (AvgIpc) is 2.49. The number of amides is 1. The number of hydrogen-bond acceptors (Lipinski definition) is 5. The van der Waals surface area contributed by atoms with Gasteiger partial charge in [-0.3, -0.25) is 0 Å². The lowest BCUT2D eigenvalue weighted by atomic mass is 9.81. The van der Waals surface area contributed by atoms with Gasteiger partial charge in [-0.15, -0.1) is 0 Å². The molecule has 0 saturated heterocycles. The van der Waals surface area contributed by atoms with Crippen LogP contribution in [0.15, 0.2) is 30.3 Å². The van der Waals surface area contributed by atoms with Gasteiger partial charge in [-0.2, -0.15) is 0 Å². The molecule has 0 aromatic heterocycles. The summed E-state index contributed by atoms with van der Waals surface area (Å²) in [5.41, 5.74) is 0.464. The molecule has 6 nitrogen and oxygen atoms in total. The van der Waals surface area contributed by atoms with Crippen molar-refractivity contribution in [3.63, 3.8) is 0 Å². The maximum absolute atomic E-state index is 11.7. The summed E-state index contributed by atoms with van der Waals surface area (Å²) in [6.07, 6.45) is 1.26. The topological polar surface area (TPSA) is 73.9 Å². The Labute approximate surface area is 148 Å². The SMILES string of the molecule is CC(C)(C)OC(=O)COCC1CC(NC(=O)OCc2ccccc2)C1. The Bertz CT molecular complexity index is 561. The van der Waals surface area contributed by atoms with E-state index in [1.807, 2.05) is 51.1 Å². The van der Waals surface area contributed by atoms with Crippen molar-refractivity contribution in [3.8, 4) is 0 Å². The molecule has 1 aliphatic rings. The van der Waals surface area contributed by atoms with Crippen LogP contribution in [0.5, 0.6) is 0 Å². The molecule has 0 radical (unpaired) electrons. The van der Waals surface area contributed by atoms with E-state index in [1.165, 1.54) is 0 Å². The van der Waals surface area contributed by atoms with Gasteiger partial charge in [0.2, 0.25) is 0 Å². The summed E-state index contributed by atoms with van der Waals surface area (Å²) in [7, 11) is 0. The van der Waals surface area contributed by atoms with Gasteiger partial charge in [-0.25, -0.2) is 9.59 Å². The van der Waals surface area contributed by atoms with E-state index in [9.17, 15) is 9.59 Å². The summed E-state index contributed by atoms with van der Waals surface area (Å²) in [6.45, 7) is 6.20. The summed E-state index contributed by atoms with van der Waals surface area (Å²) < 4.78 is 15.7. The van der Waals surface area contributed by atoms with Crippen LogP contribution in [-0.2, 0) is 25.6 Å². The minimum Gasteiger partial charge on any atom is -0.458 e. The van der Waals surface area contributed by atoms with E-state index < -0.39 is 11.7 Å². The molecule has 1 fully saturated rings. The lowest BCUT2D eigenvalue weighted by molar-refractivity contribution is -0.161. The van der Waals surface area contributed by atoms with Crippen LogP contribution < -0.4 is 5.32 Å². The molecular weight excluding hydrogens is 322 g/mol. The van der Waals surface area contributed by atoms with Crippen molar-refractivity contribution in [2.75, 3.05) is 13.2 Å². The quantitative estimate of drug-likeness (QED) is 0.766. The predicted molar refractivity (Wildman–Crippen MR) is 92.9 cm³/mol. The Balaban J connectivity index is 1.52. The van der Waals surface area contributed by atoms with Crippen molar-refractivity contribution < 1.29 is 23.8 Å². The maximum atomic E-state index is 11.7. The van der Waals surface area contributed by atoms with Crippen LogP contribution in [0.3, 0.4) is 0 Å². The number of carbonyl (C=O) groups excluding carboxylic acids is 2. The Morgan fingerprint density at radius 2 is 1.84 bits per heavy atom. The fourth-order valence-corrected chi connectivity index (χ4v) is 2.60. The lowest BCUT2D eigenvalue weighted by Crippen LogP contribution is -2.45. The maximum Gasteiger partial charge on any atom is 0.407 e. The van der Waals surface area contributed by atoms with Crippen LogP contribution in [0.25, 0.3) is 0 Å². The first-order valence-corrected chi connectivity index (χ1v) is 8.58. The van der Waals surface area contributed by atoms with Gasteiger partial charge in [0.25, 0.3) is 0 Å². The van der Waals surface area contributed by atoms with Gasteiger partial charge in [-0.05, 0) is 45.1 Å². The Morgan fingerprint density at radius 3 is 2.48 bits per heavy atom. The molecule has 1 N–H and O–H groups in total. The molecule has 25 heavy (non-hydrogen) atoms. The van der Waals surface area contributed by atoms with Crippen LogP contribution in [0.4, 0.5) is 4.79 Å². The minimum absolute atomic E-state index is 0.0367. The smallest absolute Gasteiger partial charge is 0.407 e. The second-order valence-electron chi connectivity index (χ2n) is 7.34. The summed E-state index contributed by atoms with van der Waals surface area (Å²) in [5, 5.41) is 2.84. The highest BCUT2D eigenvalue weighted by Gasteiger charge is 2.31. The van der Waals surface area contributed by atoms with E-state index in [0.29, 0.717) is 12.5 Å². The number of benzene rings is 1. The molecule has 1 saturated carbocycles. The number of hydrogen-bond donors (Lipinski definition) is 1. The van der Waals surface area contributed by atoms with Gasteiger partial charge < -0.3 is 19.5 Å². The zero-order valence-electron chi connectivity index (χ0n) is 15.1. The Hall–Kier alpha value is -2.08. The third kappa shape index (κ3) is 7.56. The van der Waals surface area contributed by atoms with Crippen molar-refractivity contribution in [1.82, 2.24) is 5.32 Å². The second-order valence-corrected chi connectivity index (χ2v) is 7.34. The Morgan fingerprint density at radius 1 is 1.16 bits per heavy atom. The van der Waals surface area contributed by atoms with E-state index in [0.717, 1.165) is 18.4 Å². The minimum atomic E-state index is -0.494. The zero-order valence-corrected chi connectivity index (χ0v) is 15.1. The summed E-state index contributed by atoms with van der Waals surface area (Å²) in [4.78, 5) is 23.3. The van der Waals surface area contributed by atoms with E-state index >= 15 is 0 Å². The summed E-state index contributed by atoms with van der Waals surface area (Å²) >= 11 is 0. The molecule has 0 atom stereocenters. The number of alkyl carbamates (subject to hydrolysis) is 1. The standard InChI is InChI=1S/C19H27NO5/c1-19(2,3)25-17(21)13-23-11-15-9-16(10-15)20-18(22)24-12-14-7-5-4-6-8-14/h4-8,15-16H,9-13H2,1-3H3,(H,20,22). The molecule has 1 amide bonds. The fraction of sp³-hybridized carbons (Fsp3) is 0.579. The van der Waals surface area contributed by atoms with Gasteiger partial charge in [0, 0.05) is 6.04 Å². The normalized spacial score (nSPS) is 19.6. The number of rotatable bonds is 7. The van der Waals surface area contributed by atoms with Crippen LogP contribution in [0, 0.1) is 5.92 Å². The Kier molecular flexibility index (Phi) is 6.82. The van der Waals surface area contributed by atoms with Gasteiger partial charge >= 0.3 is 12.1 Å². The van der Waals surface area contributed by atoms with Crippen molar-refractivity contribution in [3.05, 3.63) is 35.9 Å². The molecule has 0 bridgehead atoms. The van der Waals surface area contributed by atoms with Crippen LogP contribution in [0.1, 0.15) is 39.2 Å². The van der Waals surface area contributed by atoms with Gasteiger partial charge in [0.05, 0.1) is 6.61 Å². The van der Waals surface area contributed by atoms with Gasteiger partial charge in [0.15, 0.2) is 0 Å². The lowest BCUT2D eigenvalue weighted by Gasteiger charge is -2.35. The molecule has 0 heterocycles. The zero-order chi connectivity index (χ0) is 18.3. The second kappa shape index (κ2) is 8.85. The molecule has 1 aliphatic carbocycles. The van der Waals surface area contributed by atoms with Crippen molar-refractivity contribution in [2.24, 2.45) is 5.92 Å². The number of carbonyl (C=O) groups is 2. The van der Waals surface area contributed by atoms with Crippen molar-refractivity contribution in [1.29, 1.82) is 0 Å². The molecule has 0 spiro atoms. The van der Waals surface area contributed by atoms with E-state index in [1.54, 1.807) is 0 Å². The predicted octanol–water partition coefficient (Wildman–Crippen LogP) is 3.05. The number of nitrogens with one attached hydrogen (secondary N) is 1. The van der Waals surface area contributed by atoms with Gasteiger partial charge in [-0.1, -0.05) is 30.3 Å². The molecular formula is C19H27NO5. The molecule has 1 aromatic rings. The molecule has 138 valence electrons. The number of ether oxygens (including phenoxy) is 3. The van der Waals surface area contributed by atoms with Crippen molar-refractivity contribution >= 4 is 12.1 Å². The molecule has 1 aromatic carbocycles. The molecule has 2 rings (SSSR count). The first-order valence-electron chi connectivity index (χ1n) is 8.58. The largest absolute Gasteiger partial charge is 0.458 e. The van der Waals surface area contributed by atoms with E-state index in [-0.39, 0.29) is 25.2 Å². The fourth-order valence-electron chi connectivity index (χ4n) is 2.60. The van der Waals surface area contributed by atoms with E-state index in [4.69, 9.17) is 14.2 Å². The third-order valence-corrected chi connectivity index (χ3v) is 3.76. The van der Waals surface area contributed by atoms with E-state index in [2.05, 4.69) is 5.32 Å². The van der Waals surface area contributed by atoms with Crippen LogP contribution >= 0.6 is 0 Å². The highest BCUT2D eigenvalue weighted by atomic mass is 16.6. The average molecular weight is 349 g/mol. The highest BCUT2D eigenvalue weighted by Crippen LogP contribution is 2.27. The van der Waals surface area contributed by atoms with Crippen molar-refractivity contribution in [2.45, 2.75) is 51.9 Å². The number of esters is 1. The summed E-state index contributed by atoms with van der Waals surface area (Å²) in [6, 6.07) is 9.67. The van der Waals surface area contributed by atoms with Gasteiger partial charge in [0.1, 0.15) is 18.8 Å². The molecule has 0 unspecified atom stereocenters. The third-order valence-electron chi connectivity index (χ3n) is 3.76. The molecule has 6 heteroatoms. The summed E-state index contributed by atoms with van der Waals surface area (Å²) in [5.74, 6) is -0.00662. The van der Waals surface area contributed by atoms with Crippen LogP contribution in [-0.4, -0.2) is 36.9 Å². The first kappa shape index (κ1) is 19.2. The first-order chi connectivity index (χ1) is 11.8. The monoisotopic (exact) mass is 349 g/mol. The van der Waals surface area contributed by atoms with Crippen LogP contribution in [0.2, 0.25) is 0 Å².